The van der Waals surface area contributed by atoms with Crippen LogP contribution in [0.15, 0.2) is 36.4 Å². The molecule has 0 saturated carbocycles. The molecule has 1 amide bonds. The molecule has 0 aliphatic carbocycles. The van der Waals surface area contributed by atoms with Crippen molar-refractivity contribution in [1.82, 2.24) is 0 Å². The standard InChI is InChI=1S/C17H17ClN2O/c1-10-5-13(8-14(18)6-10)17(19)11-3-4-15-12(7-11)9-16(21)20(15)2/h3-8,17H,9,19H2,1-2H3. The summed E-state index contributed by atoms with van der Waals surface area (Å²) in [5.41, 5.74) is 11.4. The molecule has 0 radical (unpaired) electrons. The number of likely N-dealkylation sites (N-methyl/N-ethyl adjacent to an activating group) is 1. The summed E-state index contributed by atoms with van der Waals surface area (Å²) in [6, 6.07) is 11.6. The van der Waals surface area contributed by atoms with Crippen LogP contribution in [0, 0.1) is 6.92 Å². The van der Waals surface area contributed by atoms with Gasteiger partial charge in [0, 0.05) is 17.8 Å². The maximum atomic E-state index is 11.7. The Morgan fingerprint density at radius 1 is 1.19 bits per heavy atom. The van der Waals surface area contributed by atoms with Gasteiger partial charge in [-0.1, -0.05) is 29.8 Å². The van der Waals surface area contributed by atoms with Crippen LogP contribution in [0.4, 0.5) is 5.69 Å². The van der Waals surface area contributed by atoms with Crippen molar-refractivity contribution in [2.75, 3.05) is 11.9 Å². The molecule has 1 atom stereocenters. The Kier molecular flexibility index (Phi) is 3.47. The number of carbonyl (C=O) groups is 1. The van der Waals surface area contributed by atoms with Crippen molar-refractivity contribution >= 4 is 23.2 Å². The monoisotopic (exact) mass is 300 g/mol. The summed E-state index contributed by atoms with van der Waals surface area (Å²) in [6.07, 6.45) is 0.445. The molecule has 21 heavy (non-hydrogen) atoms. The molecule has 1 aliphatic rings. The summed E-state index contributed by atoms with van der Waals surface area (Å²) in [7, 11) is 1.80. The molecule has 108 valence electrons. The third-order valence-corrected chi connectivity index (χ3v) is 4.18. The molecular weight excluding hydrogens is 284 g/mol. The summed E-state index contributed by atoms with van der Waals surface area (Å²) in [6.45, 7) is 2.00. The highest BCUT2D eigenvalue weighted by Crippen LogP contribution is 2.32. The predicted octanol–water partition coefficient (Wildman–Crippen LogP) is 3.22. The zero-order valence-corrected chi connectivity index (χ0v) is 12.8. The zero-order chi connectivity index (χ0) is 15.1. The molecule has 0 fully saturated rings. The van der Waals surface area contributed by atoms with Crippen molar-refractivity contribution in [2.45, 2.75) is 19.4 Å². The second kappa shape index (κ2) is 5.17. The fraction of sp³-hybridized carbons (Fsp3) is 0.235. The average Bonchev–Trinajstić information content (AvgIpc) is 2.71. The van der Waals surface area contributed by atoms with Gasteiger partial charge in [-0.25, -0.2) is 0 Å². The maximum Gasteiger partial charge on any atom is 0.231 e. The number of nitrogens with zero attached hydrogens (tertiary/aromatic N) is 1. The number of amides is 1. The van der Waals surface area contributed by atoms with E-state index < -0.39 is 0 Å². The molecule has 4 heteroatoms. The Morgan fingerprint density at radius 3 is 2.67 bits per heavy atom. The Balaban J connectivity index is 1.98. The number of hydrogen-bond donors (Lipinski definition) is 1. The van der Waals surface area contributed by atoms with Gasteiger partial charge in [-0.15, -0.1) is 0 Å². The third kappa shape index (κ3) is 2.55. The predicted molar refractivity (Wildman–Crippen MR) is 85.8 cm³/mol. The molecule has 2 aromatic rings. The molecule has 2 N–H and O–H groups in total. The van der Waals surface area contributed by atoms with Crippen molar-refractivity contribution in [1.29, 1.82) is 0 Å². The smallest absolute Gasteiger partial charge is 0.231 e. The lowest BCUT2D eigenvalue weighted by Gasteiger charge is -2.16. The quantitative estimate of drug-likeness (QED) is 0.925. The summed E-state index contributed by atoms with van der Waals surface area (Å²) < 4.78 is 0. The molecule has 1 unspecified atom stereocenters. The van der Waals surface area contributed by atoms with E-state index >= 15 is 0 Å². The lowest BCUT2D eigenvalue weighted by molar-refractivity contribution is -0.117. The summed E-state index contributed by atoms with van der Waals surface area (Å²) in [5.74, 6) is 0.120. The first-order valence-electron chi connectivity index (χ1n) is 6.88. The van der Waals surface area contributed by atoms with Gasteiger partial charge in [0.25, 0.3) is 0 Å². The van der Waals surface area contributed by atoms with Crippen LogP contribution in [0.1, 0.15) is 28.3 Å². The molecule has 1 aliphatic heterocycles. The third-order valence-electron chi connectivity index (χ3n) is 3.96. The lowest BCUT2D eigenvalue weighted by Crippen LogP contribution is -2.20. The minimum absolute atomic E-state index is 0.120. The molecule has 0 spiro atoms. The number of aryl methyl sites for hydroxylation is 1. The van der Waals surface area contributed by atoms with Crippen molar-refractivity contribution in [3.8, 4) is 0 Å². The van der Waals surface area contributed by atoms with Crippen molar-refractivity contribution in [3.63, 3.8) is 0 Å². The fourth-order valence-electron chi connectivity index (χ4n) is 2.82. The van der Waals surface area contributed by atoms with E-state index in [4.69, 9.17) is 17.3 Å². The van der Waals surface area contributed by atoms with Gasteiger partial charge < -0.3 is 10.6 Å². The van der Waals surface area contributed by atoms with E-state index in [0.717, 1.165) is 27.9 Å². The van der Waals surface area contributed by atoms with E-state index in [0.29, 0.717) is 11.4 Å². The normalized spacial score (nSPS) is 15.2. The molecular formula is C17H17ClN2O. The van der Waals surface area contributed by atoms with E-state index in [9.17, 15) is 4.79 Å². The van der Waals surface area contributed by atoms with Crippen molar-refractivity contribution in [3.05, 3.63) is 63.7 Å². The van der Waals surface area contributed by atoms with Gasteiger partial charge in [-0.05, 0) is 47.4 Å². The molecule has 3 rings (SSSR count). The highest BCUT2D eigenvalue weighted by molar-refractivity contribution is 6.30. The maximum absolute atomic E-state index is 11.7. The number of hydrogen-bond acceptors (Lipinski definition) is 2. The summed E-state index contributed by atoms with van der Waals surface area (Å²) in [4.78, 5) is 13.4. The minimum atomic E-state index is -0.242. The molecule has 1 heterocycles. The first kappa shape index (κ1) is 14.1. The number of carbonyl (C=O) groups excluding carboxylic acids is 1. The van der Waals surface area contributed by atoms with Gasteiger partial charge in [0.05, 0.1) is 12.5 Å². The minimum Gasteiger partial charge on any atom is -0.320 e. The van der Waals surface area contributed by atoms with E-state index in [1.165, 1.54) is 0 Å². The van der Waals surface area contributed by atoms with Gasteiger partial charge in [0.15, 0.2) is 0 Å². The van der Waals surface area contributed by atoms with Crippen LogP contribution in [0.3, 0.4) is 0 Å². The van der Waals surface area contributed by atoms with E-state index in [1.54, 1.807) is 11.9 Å². The highest BCUT2D eigenvalue weighted by atomic mass is 35.5. The Morgan fingerprint density at radius 2 is 1.95 bits per heavy atom. The average molecular weight is 301 g/mol. The summed E-state index contributed by atoms with van der Waals surface area (Å²) in [5, 5.41) is 0.691. The second-order valence-corrected chi connectivity index (χ2v) is 5.99. The number of halogens is 1. The largest absolute Gasteiger partial charge is 0.320 e. The van der Waals surface area contributed by atoms with E-state index in [2.05, 4.69) is 0 Å². The van der Waals surface area contributed by atoms with Crippen LogP contribution in [-0.4, -0.2) is 13.0 Å². The van der Waals surface area contributed by atoms with Crippen molar-refractivity contribution in [2.24, 2.45) is 5.73 Å². The van der Waals surface area contributed by atoms with Crippen LogP contribution in [-0.2, 0) is 11.2 Å². The van der Waals surface area contributed by atoms with E-state index in [1.807, 2.05) is 43.3 Å². The molecule has 0 aromatic heterocycles. The van der Waals surface area contributed by atoms with Gasteiger partial charge >= 0.3 is 0 Å². The highest BCUT2D eigenvalue weighted by Gasteiger charge is 2.24. The van der Waals surface area contributed by atoms with Crippen molar-refractivity contribution < 1.29 is 4.79 Å². The molecule has 0 bridgehead atoms. The van der Waals surface area contributed by atoms with Gasteiger partial charge in [-0.2, -0.15) is 0 Å². The van der Waals surface area contributed by atoms with Gasteiger partial charge in [0.2, 0.25) is 5.91 Å². The molecule has 3 nitrogen and oxygen atoms in total. The Hall–Kier alpha value is -1.84. The van der Waals surface area contributed by atoms with Crippen LogP contribution in [0.25, 0.3) is 0 Å². The number of benzene rings is 2. The van der Waals surface area contributed by atoms with Gasteiger partial charge in [0.1, 0.15) is 0 Å². The number of nitrogens with two attached hydrogens (primary N) is 1. The first-order valence-corrected chi connectivity index (χ1v) is 7.25. The SMILES string of the molecule is Cc1cc(Cl)cc(C(N)c2ccc3c(c2)CC(=O)N3C)c1. The van der Waals surface area contributed by atoms with Gasteiger partial charge in [-0.3, -0.25) is 4.79 Å². The lowest BCUT2D eigenvalue weighted by atomic mass is 9.96. The number of rotatable bonds is 2. The number of fused-ring (bicyclic) bond motifs is 1. The van der Waals surface area contributed by atoms with E-state index in [-0.39, 0.29) is 11.9 Å². The van der Waals surface area contributed by atoms with Crippen LogP contribution < -0.4 is 10.6 Å². The first-order chi connectivity index (χ1) is 9.95. The Labute approximate surface area is 129 Å². The zero-order valence-electron chi connectivity index (χ0n) is 12.1. The Bertz CT molecular complexity index is 706. The fourth-order valence-corrected chi connectivity index (χ4v) is 3.12. The topological polar surface area (TPSA) is 46.3 Å². The summed E-state index contributed by atoms with van der Waals surface area (Å²) >= 11 is 6.11. The second-order valence-electron chi connectivity index (χ2n) is 5.56. The molecule has 0 saturated heterocycles. The number of anilines is 1. The molecule has 2 aromatic carbocycles. The van der Waals surface area contributed by atoms with Crippen LogP contribution in [0.5, 0.6) is 0 Å². The van der Waals surface area contributed by atoms with Crippen LogP contribution >= 0.6 is 11.6 Å². The van der Waals surface area contributed by atoms with Crippen LogP contribution in [0.2, 0.25) is 5.02 Å².